The van der Waals surface area contributed by atoms with Crippen LogP contribution in [-0.4, -0.2) is 20.9 Å². The fraction of sp³-hybridized carbons (Fsp3) is 0.133. The van der Waals surface area contributed by atoms with Crippen molar-refractivity contribution in [2.24, 2.45) is 0 Å². The van der Waals surface area contributed by atoms with Crippen LogP contribution >= 0.6 is 11.6 Å². The van der Waals surface area contributed by atoms with Gasteiger partial charge in [-0.1, -0.05) is 23.7 Å². The molecule has 8 heteroatoms. The zero-order valence-corrected chi connectivity index (χ0v) is 13.5. The molecule has 0 saturated carbocycles. The Morgan fingerprint density at radius 3 is 2.26 bits per heavy atom. The van der Waals surface area contributed by atoms with Crippen LogP contribution in [0.1, 0.15) is 5.56 Å². The summed E-state index contributed by atoms with van der Waals surface area (Å²) in [7, 11) is -3.86. The summed E-state index contributed by atoms with van der Waals surface area (Å²) >= 11 is 5.75. The summed E-state index contributed by atoms with van der Waals surface area (Å²) in [4.78, 5) is 11.6. The number of hydrogen-bond donors (Lipinski definition) is 2. The molecule has 2 N–H and O–H groups in total. The largest absolute Gasteiger partial charge is 0.351 e. The van der Waals surface area contributed by atoms with Crippen molar-refractivity contribution in [3.05, 3.63) is 64.9 Å². The van der Waals surface area contributed by atoms with Gasteiger partial charge in [0.1, 0.15) is 5.82 Å². The molecule has 1 amide bonds. The molecule has 5 nitrogen and oxygen atoms in total. The van der Waals surface area contributed by atoms with Crippen LogP contribution in [0.4, 0.5) is 4.39 Å². The Hall–Kier alpha value is -1.96. The van der Waals surface area contributed by atoms with E-state index >= 15 is 0 Å². The summed E-state index contributed by atoms with van der Waals surface area (Å²) < 4.78 is 38.8. The van der Waals surface area contributed by atoms with Crippen molar-refractivity contribution in [2.75, 3.05) is 6.54 Å². The quantitative estimate of drug-likeness (QED) is 0.832. The molecule has 0 bridgehead atoms. The minimum absolute atomic E-state index is 0.107. The SMILES string of the molecule is O=C(CNS(=O)(=O)c1ccc(F)cc1)NCc1ccc(Cl)cc1. The smallest absolute Gasteiger partial charge is 0.241 e. The molecule has 0 fully saturated rings. The Morgan fingerprint density at radius 2 is 1.65 bits per heavy atom. The number of hydrogen-bond acceptors (Lipinski definition) is 3. The Labute approximate surface area is 138 Å². The van der Waals surface area contributed by atoms with Crippen LogP contribution < -0.4 is 10.0 Å². The molecule has 0 radical (unpaired) electrons. The molecule has 0 unspecified atom stereocenters. The summed E-state index contributed by atoms with van der Waals surface area (Å²) in [6.45, 7) is -0.151. The molecular formula is C15H14ClFN2O3S. The van der Waals surface area contributed by atoms with E-state index in [1.54, 1.807) is 24.3 Å². The van der Waals surface area contributed by atoms with Crippen molar-refractivity contribution in [1.82, 2.24) is 10.0 Å². The monoisotopic (exact) mass is 356 g/mol. The fourth-order valence-electron chi connectivity index (χ4n) is 1.72. The Balaban J connectivity index is 1.86. The van der Waals surface area contributed by atoms with Gasteiger partial charge >= 0.3 is 0 Å². The van der Waals surface area contributed by atoms with E-state index in [1.165, 1.54) is 0 Å². The molecule has 0 aliphatic heterocycles. The average molecular weight is 357 g/mol. The number of carbonyl (C=O) groups is 1. The number of amides is 1. The van der Waals surface area contributed by atoms with E-state index in [0.29, 0.717) is 5.02 Å². The standard InChI is InChI=1S/C15H14ClFN2O3S/c16-12-3-1-11(2-4-12)9-18-15(20)10-19-23(21,22)14-7-5-13(17)6-8-14/h1-8,19H,9-10H2,(H,18,20). The van der Waals surface area contributed by atoms with Gasteiger partial charge in [0.05, 0.1) is 11.4 Å². The molecule has 122 valence electrons. The maximum atomic E-state index is 12.8. The molecule has 0 heterocycles. The van der Waals surface area contributed by atoms with Gasteiger partial charge in [0.25, 0.3) is 0 Å². The highest BCUT2D eigenvalue weighted by molar-refractivity contribution is 7.89. The minimum atomic E-state index is -3.86. The van der Waals surface area contributed by atoms with Crippen LogP contribution in [0.2, 0.25) is 5.02 Å². The highest BCUT2D eigenvalue weighted by Crippen LogP contribution is 2.10. The van der Waals surface area contributed by atoms with Crippen LogP contribution in [0.3, 0.4) is 0 Å². The Morgan fingerprint density at radius 1 is 1.04 bits per heavy atom. The van der Waals surface area contributed by atoms with E-state index in [9.17, 15) is 17.6 Å². The normalized spacial score (nSPS) is 11.2. The second-order valence-corrected chi connectivity index (χ2v) is 6.89. The van der Waals surface area contributed by atoms with Crippen molar-refractivity contribution in [1.29, 1.82) is 0 Å². The van der Waals surface area contributed by atoms with Gasteiger partial charge in [-0.25, -0.2) is 17.5 Å². The summed E-state index contributed by atoms with van der Waals surface area (Å²) in [6, 6.07) is 11.2. The molecule has 0 aromatic heterocycles. The van der Waals surface area contributed by atoms with Crippen LogP contribution in [0.5, 0.6) is 0 Å². The van der Waals surface area contributed by atoms with Crippen LogP contribution in [-0.2, 0) is 21.4 Å². The first-order valence-electron chi connectivity index (χ1n) is 6.63. The van der Waals surface area contributed by atoms with E-state index in [-0.39, 0.29) is 11.4 Å². The number of carbonyl (C=O) groups excluding carboxylic acids is 1. The lowest BCUT2D eigenvalue weighted by molar-refractivity contribution is -0.120. The third-order valence-electron chi connectivity index (χ3n) is 2.95. The minimum Gasteiger partial charge on any atom is -0.351 e. The maximum absolute atomic E-state index is 12.8. The number of halogens is 2. The van der Waals surface area contributed by atoms with Crippen LogP contribution in [0.15, 0.2) is 53.4 Å². The van der Waals surface area contributed by atoms with Crippen LogP contribution in [0.25, 0.3) is 0 Å². The first-order chi connectivity index (χ1) is 10.9. The topological polar surface area (TPSA) is 75.3 Å². The highest BCUT2D eigenvalue weighted by atomic mass is 35.5. The molecule has 2 rings (SSSR count). The Kier molecular flexibility index (Phi) is 5.70. The second kappa shape index (κ2) is 7.54. The summed E-state index contributed by atoms with van der Waals surface area (Å²) in [5.41, 5.74) is 0.837. The van der Waals surface area contributed by atoms with E-state index in [1.807, 2.05) is 0 Å². The van der Waals surface area contributed by atoms with E-state index in [0.717, 1.165) is 29.8 Å². The number of benzene rings is 2. The lowest BCUT2D eigenvalue weighted by atomic mass is 10.2. The second-order valence-electron chi connectivity index (χ2n) is 4.68. The van der Waals surface area contributed by atoms with E-state index in [4.69, 9.17) is 11.6 Å². The summed E-state index contributed by atoms with van der Waals surface area (Å²) in [5, 5.41) is 3.17. The number of nitrogens with one attached hydrogen (secondary N) is 2. The van der Waals surface area contributed by atoms with Gasteiger partial charge in [0, 0.05) is 11.6 Å². The average Bonchev–Trinajstić information content (AvgIpc) is 2.53. The predicted molar refractivity (Wildman–Crippen MR) is 84.9 cm³/mol. The van der Waals surface area contributed by atoms with E-state index < -0.39 is 28.3 Å². The summed E-state index contributed by atoms with van der Waals surface area (Å²) in [6.07, 6.45) is 0. The fourth-order valence-corrected chi connectivity index (χ4v) is 2.83. The molecule has 0 spiro atoms. The molecular weight excluding hydrogens is 343 g/mol. The van der Waals surface area contributed by atoms with E-state index in [2.05, 4.69) is 10.0 Å². The lowest BCUT2D eigenvalue weighted by Crippen LogP contribution is -2.36. The highest BCUT2D eigenvalue weighted by Gasteiger charge is 2.15. The van der Waals surface area contributed by atoms with Crippen molar-refractivity contribution < 1.29 is 17.6 Å². The number of sulfonamides is 1. The van der Waals surface area contributed by atoms with Crippen molar-refractivity contribution >= 4 is 27.5 Å². The van der Waals surface area contributed by atoms with Gasteiger partial charge in [-0.05, 0) is 42.0 Å². The van der Waals surface area contributed by atoms with Gasteiger partial charge < -0.3 is 5.32 Å². The molecule has 2 aromatic carbocycles. The van der Waals surface area contributed by atoms with Gasteiger partial charge in [0.2, 0.25) is 15.9 Å². The predicted octanol–water partition coefficient (Wildman–Crippen LogP) is 2.07. The third-order valence-corrected chi connectivity index (χ3v) is 4.62. The molecule has 0 aliphatic carbocycles. The molecule has 0 aliphatic rings. The number of rotatable bonds is 6. The van der Waals surface area contributed by atoms with Crippen LogP contribution in [0, 0.1) is 5.82 Å². The molecule has 2 aromatic rings. The van der Waals surface area contributed by atoms with Gasteiger partial charge in [0.15, 0.2) is 0 Å². The summed E-state index contributed by atoms with van der Waals surface area (Å²) in [5.74, 6) is -1.02. The first-order valence-corrected chi connectivity index (χ1v) is 8.49. The van der Waals surface area contributed by atoms with Gasteiger partial charge in [-0.15, -0.1) is 0 Å². The molecule has 0 saturated heterocycles. The van der Waals surface area contributed by atoms with Gasteiger partial charge in [-0.2, -0.15) is 0 Å². The van der Waals surface area contributed by atoms with Crippen molar-refractivity contribution in [2.45, 2.75) is 11.4 Å². The molecule has 23 heavy (non-hydrogen) atoms. The van der Waals surface area contributed by atoms with Crippen molar-refractivity contribution in [3.63, 3.8) is 0 Å². The Bertz CT molecular complexity index is 777. The first kappa shape index (κ1) is 17.4. The lowest BCUT2D eigenvalue weighted by Gasteiger charge is -2.08. The zero-order chi connectivity index (χ0) is 16.9. The van der Waals surface area contributed by atoms with Crippen molar-refractivity contribution in [3.8, 4) is 0 Å². The third kappa shape index (κ3) is 5.31. The van der Waals surface area contributed by atoms with Gasteiger partial charge in [-0.3, -0.25) is 4.79 Å². The molecule has 0 atom stereocenters. The maximum Gasteiger partial charge on any atom is 0.241 e. The zero-order valence-electron chi connectivity index (χ0n) is 11.9.